The number of aryl methyl sites for hydroxylation is 1. The van der Waals surface area contributed by atoms with Crippen molar-refractivity contribution < 1.29 is 23.1 Å². The molecule has 2 aliphatic heterocycles. The van der Waals surface area contributed by atoms with Crippen LogP contribution in [-0.2, 0) is 9.53 Å². The van der Waals surface area contributed by atoms with E-state index in [1.165, 1.54) is 9.80 Å². The smallest absolute Gasteiger partial charge is 0.410 e. The van der Waals surface area contributed by atoms with E-state index < -0.39 is 35.3 Å². The number of hydrogen-bond acceptors (Lipinski definition) is 5. The highest BCUT2D eigenvalue weighted by molar-refractivity contribution is 5.98. The predicted molar refractivity (Wildman–Crippen MR) is 102 cm³/mol. The Balaban J connectivity index is 1.41. The minimum Gasteiger partial charge on any atom is -0.448 e. The molecule has 0 spiro atoms. The summed E-state index contributed by atoms with van der Waals surface area (Å²) in [5.74, 6) is -1.60. The zero-order valence-electron chi connectivity index (χ0n) is 16.1. The van der Waals surface area contributed by atoms with Gasteiger partial charge in [-0.1, -0.05) is 6.07 Å². The summed E-state index contributed by atoms with van der Waals surface area (Å²) in [6.07, 6.45) is 2.09. The van der Waals surface area contributed by atoms with E-state index >= 15 is 0 Å². The quantitative estimate of drug-likeness (QED) is 0.774. The Morgan fingerprint density at radius 3 is 2.52 bits per heavy atom. The molecule has 0 aromatic carbocycles. The Kier molecular flexibility index (Phi) is 5.21. The Hall–Kier alpha value is -2.97. The van der Waals surface area contributed by atoms with Crippen LogP contribution in [0.5, 0.6) is 0 Å². The Morgan fingerprint density at radius 2 is 1.93 bits per heavy atom. The summed E-state index contributed by atoms with van der Waals surface area (Å²) in [4.78, 5) is 33.6. The topological polar surface area (TPSA) is 66.0 Å². The molecule has 0 bridgehead atoms. The van der Waals surface area contributed by atoms with Crippen LogP contribution >= 0.6 is 0 Å². The van der Waals surface area contributed by atoms with Crippen LogP contribution in [0.1, 0.15) is 12.0 Å². The van der Waals surface area contributed by atoms with Crippen LogP contribution in [0, 0.1) is 6.92 Å². The molecule has 0 N–H and O–H groups in total. The molecule has 7 nitrogen and oxygen atoms in total. The number of piperazine rings is 1. The van der Waals surface area contributed by atoms with Crippen LogP contribution in [0.4, 0.5) is 19.4 Å². The van der Waals surface area contributed by atoms with Gasteiger partial charge in [-0.05, 0) is 24.6 Å². The minimum atomic E-state index is -0.925. The van der Waals surface area contributed by atoms with Crippen LogP contribution in [0.3, 0.4) is 0 Å². The number of ether oxygens (including phenoxy) is 1. The highest BCUT2D eigenvalue weighted by atomic mass is 19.1. The maximum atomic E-state index is 14.7. The van der Waals surface area contributed by atoms with Gasteiger partial charge < -0.3 is 14.5 Å². The number of anilines is 1. The number of nitrogens with zero attached hydrogens (tertiary/aromatic N) is 4. The van der Waals surface area contributed by atoms with Gasteiger partial charge in [0.15, 0.2) is 0 Å². The predicted octanol–water partition coefficient (Wildman–Crippen LogP) is 2.34. The molecule has 154 valence electrons. The molecule has 1 aromatic heterocycles. The fourth-order valence-corrected chi connectivity index (χ4v) is 3.80. The summed E-state index contributed by atoms with van der Waals surface area (Å²) in [5, 5.41) is 0. The average molecular weight is 404 g/mol. The highest BCUT2D eigenvalue weighted by Gasteiger charge is 2.37. The molecule has 1 atom stereocenters. The number of cyclic esters (lactones) is 1. The second kappa shape index (κ2) is 7.81. The van der Waals surface area contributed by atoms with Gasteiger partial charge in [0.05, 0.1) is 12.6 Å². The SMILES string of the molecule is Cc1ccc(N2CCN(C(=O)C3=C(F)CC(N4CCOC4=O)C=C3F)CC2)nc1. The second-order valence-corrected chi connectivity index (χ2v) is 7.35. The van der Waals surface area contributed by atoms with E-state index in [0.717, 1.165) is 17.5 Å². The lowest BCUT2D eigenvalue weighted by atomic mass is 9.98. The van der Waals surface area contributed by atoms with E-state index in [2.05, 4.69) is 4.98 Å². The molecule has 0 radical (unpaired) electrons. The standard InChI is InChI=1S/C20H22F2N4O3/c1-13-2-3-17(23-12-13)24-4-6-25(7-5-24)19(27)18-15(21)10-14(11-16(18)22)26-8-9-29-20(26)28/h2-3,10,12,14H,4-9,11H2,1H3. The lowest BCUT2D eigenvalue weighted by Gasteiger charge is -2.36. The van der Waals surface area contributed by atoms with E-state index in [1.54, 1.807) is 6.20 Å². The largest absolute Gasteiger partial charge is 0.448 e. The minimum absolute atomic E-state index is 0.196. The molecule has 1 unspecified atom stereocenters. The van der Waals surface area contributed by atoms with Crippen LogP contribution < -0.4 is 4.90 Å². The van der Waals surface area contributed by atoms with Crippen LogP contribution in [-0.4, -0.2) is 72.2 Å². The Bertz CT molecular complexity index is 876. The highest BCUT2D eigenvalue weighted by Crippen LogP contribution is 2.32. The van der Waals surface area contributed by atoms with Crippen molar-refractivity contribution in [1.29, 1.82) is 0 Å². The zero-order valence-corrected chi connectivity index (χ0v) is 16.1. The molecular formula is C20H22F2N4O3. The first kappa shape index (κ1) is 19.4. The van der Waals surface area contributed by atoms with E-state index in [1.807, 2.05) is 24.0 Å². The summed E-state index contributed by atoms with van der Waals surface area (Å²) < 4.78 is 34.1. The summed E-state index contributed by atoms with van der Waals surface area (Å²) in [6.45, 7) is 4.19. The maximum absolute atomic E-state index is 14.7. The Labute approximate surface area is 167 Å². The van der Waals surface area contributed by atoms with Gasteiger partial charge in [-0.25, -0.2) is 18.6 Å². The molecule has 1 aliphatic carbocycles. The van der Waals surface area contributed by atoms with E-state index in [9.17, 15) is 18.4 Å². The van der Waals surface area contributed by atoms with Gasteiger partial charge in [0.25, 0.3) is 5.91 Å². The van der Waals surface area contributed by atoms with Crippen molar-refractivity contribution in [2.24, 2.45) is 0 Å². The Morgan fingerprint density at radius 1 is 1.17 bits per heavy atom. The number of carbonyl (C=O) groups is 2. The number of aromatic nitrogens is 1. The van der Waals surface area contributed by atoms with Crippen LogP contribution in [0.25, 0.3) is 0 Å². The third kappa shape index (κ3) is 3.81. The molecule has 0 saturated carbocycles. The summed E-state index contributed by atoms with van der Waals surface area (Å²) in [5.41, 5.74) is 0.528. The third-order valence-electron chi connectivity index (χ3n) is 5.43. The van der Waals surface area contributed by atoms with Gasteiger partial charge in [-0.3, -0.25) is 9.69 Å². The molecule has 29 heavy (non-hydrogen) atoms. The fraction of sp³-hybridized carbons (Fsp3) is 0.450. The summed E-state index contributed by atoms with van der Waals surface area (Å²) >= 11 is 0. The number of amides is 2. The second-order valence-electron chi connectivity index (χ2n) is 7.35. The van der Waals surface area contributed by atoms with Gasteiger partial charge in [0, 0.05) is 38.8 Å². The normalized spacial score (nSPS) is 22.7. The lowest BCUT2D eigenvalue weighted by Crippen LogP contribution is -2.49. The molecule has 2 fully saturated rings. The van der Waals surface area contributed by atoms with E-state index in [4.69, 9.17) is 4.74 Å². The molecule has 3 heterocycles. The number of rotatable bonds is 3. The van der Waals surface area contributed by atoms with Crippen molar-refractivity contribution in [2.75, 3.05) is 44.2 Å². The van der Waals surface area contributed by atoms with Crippen molar-refractivity contribution in [2.45, 2.75) is 19.4 Å². The molecule has 2 amide bonds. The van der Waals surface area contributed by atoms with E-state index in [0.29, 0.717) is 26.2 Å². The van der Waals surface area contributed by atoms with E-state index in [-0.39, 0.29) is 19.6 Å². The molecule has 3 aliphatic rings. The first-order valence-corrected chi connectivity index (χ1v) is 9.60. The summed E-state index contributed by atoms with van der Waals surface area (Å²) in [7, 11) is 0. The van der Waals surface area contributed by atoms with Crippen molar-refractivity contribution >= 4 is 17.8 Å². The number of pyridine rings is 1. The lowest BCUT2D eigenvalue weighted by molar-refractivity contribution is -0.127. The van der Waals surface area contributed by atoms with Crippen molar-refractivity contribution in [1.82, 2.24) is 14.8 Å². The number of halogens is 2. The van der Waals surface area contributed by atoms with Gasteiger partial charge >= 0.3 is 6.09 Å². The molecule has 1 aromatic rings. The molecule has 4 rings (SSSR count). The number of carbonyl (C=O) groups excluding carboxylic acids is 2. The zero-order chi connectivity index (χ0) is 20.5. The average Bonchev–Trinajstić information content (AvgIpc) is 3.14. The third-order valence-corrected chi connectivity index (χ3v) is 5.43. The maximum Gasteiger partial charge on any atom is 0.410 e. The summed E-state index contributed by atoms with van der Waals surface area (Å²) in [6, 6.07) is 3.11. The first-order valence-electron chi connectivity index (χ1n) is 9.60. The van der Waals surface area contributed by atoms with Crippen LogP contribution in [0.2, 0.25) is 0 Å². The molecular weight excluding hydrogens is 382 g/mol. The number of hydrogen-bond donors (Lipinski definition) is 0. The van der Waals surface area contributed by atoms with Crippen molar-refractivity contribution in [3.63, 3.8) is 0 Å². The first-order chi connectivity index (χ1) is 13.9. The fourth-order valence-electron chi connectivity index (χ4n) is 3.80. The van der Waals surface area contributed by atoms with Gasteiger partial charge in [0.1, 0.15) is 29.7 Å². The molecule has 9 heteroatoms. The monoisotopic (exact) mass is 404 g/mol. The van der Waals surface area contributed by atoms with Crippen molar-refractivity contribution in [3.8, 4) is 0 Å². The molecule has 2 saturated heterocycles. The van der Waals surface area contributed by atoms with Gasteiger partial charge in [0.2, 0.25) is 0 Å². The van der Waals surface area contributed by atoms with Crippen LogP contribution in [0.15, 0.2) is 41.6 Å². The van der Waals surface area contributed by atoms with Crippen molar-refractivity contribution in [3.05, 3.63) is 47.2 Å². The van der Waals surface area contributed by atoms with Gasteiger partial charge in [-0.2, -0.15) is 0 Å². The van der Waals surface area contributed by atoms with Gasteiger partial charge in [-0.15, -0.1) is 0 Å².